The maximum Gasteiger partial charge on any atom is 0.417 e. The van der Waals surface area contributed by atoms with Crippen LogP contribution >= 0.6 is 0 Å². The van der Waals surface area contributed by atoms with Crippen molar-refractivity contribution in [2.45, 2.75) is 6.92 Å². The molecule has 3 N–H and O–H groups in total. The number of amides is 2. The van der Waals surface area contributed by atoms with E-state index in [1.54, 1.807) is 42.5 Å². The van der Waals surface area contributed by atoms with Crippen LogP contribution in [0.4, 0.5) is 16.2 Å². The van der Waals surface area contributed by atoms with Gasteiger partial charge in [-0.05, 0) is 43.3 Å². The topological polar surface area (TPSA) is 96.4 Å². The van der Waals surface area contributed by atoms with E-state index in [4.69, 9.17) is 9.15 Å². The summed E-state index contributed by atoms with van der Waals surface area (Å²) in [4.78, 5) is 25.6. The first-order valence-electron chi connectivity index (χ1n) is 7.08. The molecule has 0 saturated heterocycles. The molecule has 23 heavy (non-hydrogen) atoms. The van der Waals surface area contributed by atoms with Gasteiger partial charge in [-0.1, -0.05) is 0 Å². The summed E-state index contributed by atoms with van der Waals surface area (Å²) in [6, 6.07) is 11.6. The number of oxazole rings is 1. The smallest absolute Gasteiger partial charge is 0.417 e. The van der Waals surface area contributed by atoms with Crippen LogP contribution in [0.1, 0.15) is 6.92 Å². The Morgan fingerprint density at radius 1 is 1.13 bits per heavy atom. The number of anilines is 2. The third-order valence-electron chi connectivity index (χ3n) is 3.10. The molecule has 2 amide bonds. The molecule has 0 radical (unpaired) electrons. The van der Waals surface area contributed by atoms with E-state index in [9.17, 15) is 9.59 Å². The van der Waals surface area contributed by atoms with Crippen molar-refractivity contribution < 1.29 is 13.9 Å². The van der Waals surface area contributed by atoms with Crippen LogP contribution in [0.3, 0.4) is 0 Å². The zero-order valence-corrected chi connectivity index (χ0v) is 12.4. The molecule has 0 spiro atoms. The summed E-state index contributed by atoms with van der Waals surface area (Å²) >= 11 is 0. The Morgan fingerprint density at radius 3 is 2.57 bits per heavy atom. The van der Waals surface area contributed by atoms with Crippen LogP contribution < -0.4 is 21.1 Å². The molecule has 0 aliphatic rings. The molecule has 0 fully saturated rings. The van der Waals surface area contributed by atoms with Crippen LogP contribution in [-0.4, -0.2) is 17.6 Å². The van der Waals surface area contributed by atoms with E-state index >= 15 is 0 Å². The number of rotatable bonds is 4. The Balaban J connectivity index is 1.66. The average molecular weight is 313 g/mol. The largest absolute Gasteiger partial charge is 0.494 e. The number of carbonyl (C=O) groups excluding carboxylic acids is 1. The quantitative estimate of drug-likeness (QED) is 0.689. The Labute approximate surface area is 131 Å². The van der Waals surface area contributed by atoms with E-state index in [0.29, 0.717) is 29.1 Å². The molecular weight excluding hydrogens is 298 g/mol. The number of ether oxygens (including phenoxy) is 1. The third kappa shape index (κ3) is 3.52. The zero-order chi connectivity index (χ0) is 16.2. The Bertz CT molecular complexity index is 880. The number of benzene rings is 2. The lowest BCUT2D eigenvalue weighted by Gasteiger charge is -2.08. The highest BCUT2D eigenvalue weighted by molar-refractivity contribution is 6.00. The third-order valence-corrected chi connectivity index (χ3v) is 3.10. The van der Waals surface area contributed by atoms with Crippen molar-refractivity contribution in [1.82, 2.24) is 4.98 Å². The monoisotopic (exact) mass is 313 g/mol. The number of hydrogen-bond acceptors (Lipinski definition) is 4. The van der Waals surface area contributed by atoms with Gasteiger partial charge in [0.25, 0.3) is 0 Å². The molecule has 118 valence electrons. The molecule has 3 rings (SSSR count). The van der Waals surface area contributed by atoms with Crippen LogP contribution in [0, 0.1) is 0 Å². The van der Waals surface area contributed by atoms with Gasteiger partial charge in [0.15, 0.2) is 5.58 Å². The molecular formula is C16H15N3O4. The molecule has 1 aromatic heterocycles. The second-order valence-corrected chi connectivity index (χ2v) is 4.76. The molecule has 7 heteroatoms. The number of hydrogen-bond donors (Lipinski definition) is 3. The SMILES string of the molecule is CCOc1ccc(NC(=O)Nc2ccc3[nH]c(=O)oc3c2)cc1. The molecule has 0 bridgehead atoms. The summed E-state index contributed by atoms with van der Waals surface area (Å²) in [6.07, 6.45) is 0. The predicted octanol–water partition coefficient (Wildman–Crippen LogP) is 3.16. The van der Waals surface area contributed by atoms with Crippen molar-refractivity contribution in [1.29, 1.82) is 0 Å². The predicted molar refractivity (Wildman–Crippen MR) is 87.1 cm³/mol. The molecule has 2 aromatic carbocycles. The van der Waals surface area contributed by atoms with Crippen molar-refractivity contribution in [3.63, 3.8) is 0 Å². The number of aromatic nitrogens is 1. The maximum atomic E-state index is 12.0. The van der Waals surface area contributed by atoms with Gasteiger partial charge in [-0.3, -0.25) is 4.98 Å². The van der Waals surface area contributed by atoms with Gasteiger partial charge >= 0.3 is 11.8 Å². The summed E-state index contributed by atoms with van der Waals surface area (Å²) in [5, 5.41) is 5.38. The average Bonchev–Trinajstić information content (AvgIpc) is 2.89. The molecule has 7 nitrogen and oxygen atoms in total. The van der Waals surface area contributed by atoms with Gasteiger partial charge in [0.05, 0.1) is 12.1 Å². The van der Waals surface area contributed by atoms with E-state index in [0.717, 1.165) is 5.75 Å². The summed E-state index contributed by atoms with van der Waals surface area (Å²) < 4.78 is 10.3. The zero-order valence-electron chi connectivity index (χ0n) is 12.4. The fraction of sp³-hybridized carbons (Fsp3) is 0.125. The Hall–Kier alpha value is -3.22. The normalized spacial score (nSPS) is 10.5. The number of fused-ring (bicyclic) bond motifs is 1. The van der Waals surface area contributed by atoms with Gasteiger partial charge in [0, 0.05) is 17.4 Å². The number of nitrogens with one attached hydrogen (secondary N) is 3. The molecule has 0 saturated carbocycles. The summed E-state index contributed by atoms with van der Waals surface area (Å²) in [6.45, 7) is 2.49. The Morgan fingerprint density at radius 2 is 1.83 bits per heavy atom. The second-order valence-electron chi connectivity index (χ2n) is 4.76. The number of aromatic amines is 1. The lowest BCUT2D eigenvalue weighted by Crippen LogP contribution is -2.19. The maximum absolute atomic E-state index is 12.0. The van der Waals surface area contributed by atoms with Crippen LogP contribution in [0.15, 0.2) is 51.7 Å². The molecule has 1 heterocycles. The van der Waals surface area contributed by atoms with Gasteiger partial charge in [-0.25, -0.2) is 9.59 Å². The first-order chi connectivity index (χ1) is 11.1. The number of carbonyl (C=O) groups is 1. The summed E-state index contributed by atoms with van der Waals surface area (Å²) in [7, 11) is 0. The van der Waals surface area contributed by atoms with Crippen LogP contribution in [0.2, 0.25) is 0 Å². The van der Waals surface area contributed by atoms with Crippen molar-refractivity contribution >= 4 is 28.5 Å². The molecule has 0 unspecified atom stereocenters. The van der Waals surface area contributed by atoms with E-state index in [-0.39, 0.29) is 0 Å². The van der Waals surface area contributed by atoms with E-state index in [1.807, 2.05) is 6.92 Å². The second kappa shape index (κ2) is 6.27. The van der Waals surface area contributed by atoms with Crippen LogP contribution in [0.25, 0.3) is 11.1 Å². The molecule has 0 aliphatic carbocycles. The number of urea groups is 1. The van der Waals surface area contributed by atoms with Crippen molar-refractivity contribution in [2.24, 2.45) is 0 Å². The molecule has 3 aromatic rings. The van der Waals surface area contributed by atoms with Crippen molar-refractivity contribution in [3.8, 4) is 5.75 Å². The van der Waals surface area contributed by atoms with Gasteiger partial charge in [-0.15, -0.1) is 0 Å². The number of H-pyrrole nitrogens is 1. The first kappa shape index (κ1) is 14.7. The van der Waals surface area contributed by atoms with E-state index in [2.05, 4.69) is 15.6 Å². The highest BCUT2D eigenvalue weighted by atomic mass is 16.5. The highest BCUT2D eigenvalue weighted by Gasteiger charge is 2.06. The molecule has 0 atom stereocenters. The van der Waals surface area contributed by atoms with Gasteiger partial charge in [-0.2, -0.15) is 0 Å². The minimum absolute atomic E-state index is 0.383. The lowest BCUT2D eigenvalue weighted by molar-refractivity contribution is 0.262. The van der Waals surface area contributed by atoms with E-state index < -0.39 is 11.8 Å². The minimum Gasteiger partial charge on any atom is -0.494 e. The lowest BCUT2D eigenvalue weighted by atomic mass is 10.3. The van der Waals surface area contributed by atoms with E-state index in [1.165, 1.54) is 0 Å². The van der Waals surface area contributed by atoms with Gasteiger partial charge in [0.1, 0.15) is 5.75 Å². The standard InChI is InChI=1S/C16H15N3O4/c1-2-22-12-6-3-10(4-7-12)17-15(20)18-11-5-8-13-14(9-11)23-16(21)19-13/h3-9H,2H2,1H3,(H,19,21)(H2,17,18,20). The fourth-order valence-electron chi connectivity index (χ4n) is 2.12. The summed E-state index contributed by atoms with van der Waals surface area (Å²) in [5.41, 5.74) is 2.12. The minimum atomic E-state index is -0.531. The molecule has 0 aliphatic heterocycles. The Kier molecular flexibility index (Phi) is 4.01. The van der Waals surface area contributed by atoms with Crippen molar-refractivity contribution in [2.75, 3.05) is 17.2 Å². The van der Waals surface area contributed by atoms with Crippen LogP contribution in [-0.2, 0) is 0 Å². The van der Waals surface area contributed by atoms with Crippen LogP contribution in [0.5, 0.6) is 5.75 Å². The van der Waals surface area contributed by atoms with Crippen molar-refractivity contribution in [3.05, 3.63) is 53.0 Å². The first-order valence-corrected chi connectivity index (χ1v) is 7.08. The van der Waals surface area contributed by atoms with Gasteiger partial charge < -0.3 is 19.8 Å². The highest BCUT2D eigenvalue weighted by Crippen LogP contribution is 2.18. The fourth-order valence-corrected chi connectivity index (χ4v) is 2.12. The summed E-state index contributed by atoms with van der Waals surface area (Å²) in [5.74, 6) is 0.211. The van der Waals surface area contributed by atoms with Gasteiger partial charge in [0.2, 0.25) is 0 Å².